The lowest BCUT2D eigenvalue weighted by atomic mass is 10.1. The Bertz CT molecular complexity index is 1000. The lowest BCUT2D eigenvalue weighted by molar-refractivity contribution is -0.142. The molecule has 0 bridgehead atoms. The van der Waals surface area contributed by atoms with E-state index in [0.29, 0.717) is 18.1 Å². The van der Waals surface area contributed by atoms with E-state index in [1.54, 1.807) is 41.6 Å². The van der Waals surface area contributed by atoms with Gasteiger partial charge in [-0.3, -0.25) is 4.79 Å². The summed E-state index contributed by atoms with van der Waals surface area (Å²) in [4.78, 5) is 43.7. The number of H-pyrrole nitrogens is 1. The molecule has 9 nitrogen and oxygen atoms in total. The number of piperazine rings is 1. The molecule has 3 aromatic rings. The summed E-state index contributed by atoms with van der Waals surface area (Å²) >= 11 is 0. The number of aliphatic carboxylic acids is 1. The second-order valence-electron chi connectivity index (χ2n) is 6.40. The lowest BCUT2D eigenvalue weighted by Gasteiger charge is -2.39. The second kappa shape index (κ2) is 6.67. The minimum absolute atomic E-state index is 0.135. The zero-order valence-corrected chi connectivity index (χ0v) is 14.7. The van der Waals surface area contributed by atoms with E-state index < -0.39 is 12.0 Å². The van der Waals surface area contributed by atoms with Gasteiger partial charge in [0.1, 0.15) is 11.9 Å². The Labute approximate surface area is 154 Å². The Morgan fingerprint density at radius 1 is 1.22 bits per heavy atom. The number of hydrogen-bond acceptors (Lipinski definition) is 6. The molecule has 1 saturated heterocycles. The van der Waals surface area contributed by atoms with E-state index in [0.717, 1.165) is 16.9 Å². The zero-order chi connectivity index (χ0) is 19.0. The monoisotopic (exact) mass is 366 g/mol. The summed E-state index contributed by atoms with van der Waals surface area (Å²) in [6, 6.07) is 5.87. The molecule has 2 aromatic heterocycles. The van der Waals surface area contributed by atoms with Crippen molar-refractivity contribution in [2.45, 2.75) is 13.0 Å². The van der Waals surface area contributed by atoms with E-state index in [1.165, 1.54) is 4.90 Å². The van der Waals surface area contributed by atoms with Gasteiger partial charge in [0.2, 0.25) is 5.95 Å². The van der Waals surface area contributed by atoms with Gasteiger partial charge in [0.05, 0.1) is 17.6 Å². The van der Waals surface area contributed by atoms with Crippen molar-refractivity contribution >= 4 is 28.9 Å². The highest BCUT2D eigenvalue weighted by atomic mass is 16.4. The molecule has 9 heteroatoms. The third kappa shape index (κ3) is 3.19. The summed E-state index contributed by atoms with van der Waals surface area (Å²) in [5, 5.41) is 9.67. The predicted molar refractivity (Wildman–Crippen MR) is 97.5 cm³/mol. The van der Waals surface area contributed by atoms with Gasteiger partial charge >= 0.3 is 5.97 Å². The standard InChI is InChI=1S/C18H18N6O3/c1-11-21-13-4-3-12(9-14(13)22-11)16(25)24-8-7-23(10-15(24)17(26)27)18-19-5-2-6-20-18/h2-6,9,15H,7-8,10H2,1H3,(H,21,22)(H,26,27)/t15-/m1/s1. The summed E-state index contributed by atoms with van der Waals surface area (Å²) in [7, 11) is 0. The molecule has 0 spiro atoms. The number of amides is 1. The van der Waals surface area contributed by atoms with Gasteiger partial charge in [-0.15, -0.1) is 0 Å². The molecule has 0 saturated carbocycles. The number of carbonyl (C=O) groups is 2. The van der Waals surface area contributed by atoms with E-state index >= 15 is 0 Å². The fraction of sp³-hybridized carbons (Fsp3) is 0.278. The van der Waals surface area contributed by atoms with Crippen molar-refractivity contribution in [2.24, 2.45) is 0 Å². The van der Waals surface area contributed by atoms with Gasteiger partial charge in [-0.2, -0.15) is 0 Å². The number of carboxylic acid groups (broad SMARTS) is 1. The van der Waals surface area contributed by atoms with Crippen LogP contribution < -0.4 is 4.90 Å². The highest BCUT2D eigenvalue weighted by Crippen LogP contribution is 2.20. The molecule has 1 fully saturated rings. The van der Waals surface area contributed by atoms with Crippen molar-refractivity contribution in [1.82, 2.24) is 24.8 Å². The van der Waals surface area contributed by atoms with Crippen LogP contribution in [0.2, 0.25) is 0 Å². The number of carbonyl (C=O) groups excluding carboxylic acids is 1. The number of aromatic amines is 1. The van der Waals surface area contributed by atoms with Crippen LogP contribution in [-0.4, -0.2) is 67.5 Å². The summed E-state index contributed by atoms with van der Waals surface area (Å²) in [5.74, 6) is -0.146. The molecule has 0 radical (unpaired) electrons. The van der Waals surface area contributed by atoms with Crippen LogP contribution in [0.5, 0.6) is 0 Å². The van der Waals surface area contributed by atoms with Crippen LogP contribution in [-0.2, 0) is 4.79 Å². The van der Waals surface area contributed by atoms with Gasteiger partial charge in [0.25, 0.3) is 5.91 Å². The number of hydrogen-bond donors (Lipinski definition) is 2. The predicted octanol–water partition coefficient (Wildman–Crippen LogP) is 1.08. The van der Waals surface area contributed by atoms with Gasteiger partial charge in [-0.05, 0) is 31.2 Å². The number of benzene rings is 1. The fourth-order valence-electron chi connectivity index (χ4n) is 3.31. The molecule has 1 amide bonds. The molecule has 0 aliphatic carbocycles. The molecular formula is C18H18N6O3. The van der Waals surface area contributed by atoms with Crippen molar-refractivity contribution in [3.05, 3.63) is 48.0 Å². The first-order chi connectivity index (χ1) is 13.0. The van der Waals surface area contributed by atoms with Gasteiger partial charge in [0, 0.05) is 31.0 Å². The number of aromatic nitrogens is 4. The molecule has 2 N–H and O–H groups in total. The Kier molecular flexibility index (Phi) is 4.19. The third-order valence-electron chi connectivity index (χ3n) is 4.61. The molecule has 4 rings (SSSR count). The molecule has 1 aliphatic heterocycles. The van der Waals surface area contributed by atoms with Crippen LogP contribution in [0.4, 0.5) is 5.95 Å². The lowest BCUT2D eigenvalue weighted by Crippen LogP contribution is -2.58. The first kappa shape index (κ1) is 17.0. The van der Waals surface area contributed by atoms with Crippen molar-refractivity contribution < 1.29 is 14.7 Å². The molecular weight excluding hydrogens is 348 g/mol. The topological polar surface area (TPSA) is 115 Å². The van der Waals surface area contributed by atoms with E-state index in [4.69, 9.17) is 0 Å². The Balaban J connectivity index is 1.59. The van der Waals surface area contributed by atoms with Crippen LogP contribution in [0.25, 0.3) is 11.0 Å². The number of nitrogens with one attached hydrogen (secondary N) is 1. The van der Waals surface area contributed by atoms with Crippen LogP contribution in [0.15, 0.2) is 36.7 Å². The van der Waals surface area contributed by atoms with Crippen molar-refractivity contribution in [1.29, 1.82) is 0 Å². The maximum absolute atomic E-state index is 13.0. The number of anilines is 1. The Hall–Kier alpha value is -3.49. The average molecular weight is 366 g/mol. The Morgan fingerprint density at radius 2 is 2.00 bits per heavy atom. The number of nitrogens with zero attached hydrogens (tertiary/aromatic N) is 5. The minimum atomic E-state index is -1.05. The van der Waals surface area contributed by atoms with Gasteiger partial charge < -0.3 is 19.9 Å². The van der Waals surface area contributed by atoms with E-state index in [1.807, 2.05) is 6.92 Å². The Morgan fingerprint density at radius 3 is 2.74 bits per heavy atom. The van der Waals surface area contributed by atoms with Gasteiger partial charge in [0.15, 0.2) is 0 Å². The maximum atomic E-state index is 13.0. The van der Waals surface area contributed by atoms with Crippen molar-refractivity contribution in [3.63, 3.8) is 0 Å². The molecule has 3 heterocycles. The molecule has 1 atom stereocenters. The first-order valence-electron chi connectivity index (χ1n) is 8.55. The molecule has 138 valence electrons. The van der Waals surface area contributed by atoms with E-state index in [9.17, 15) is 14.7 Å². The highest BCUT2D eigenvalue weighted by Gasteiger charge is 2.36. The van der Waals surface area contributed by atoms with Crippen molar-refractivity contribution in [3.8, 4) is 0 Å². The molecule has 27 heavy (non-hydrogen) atoms. The van der Waals surface area contributed by atoms with E-state index in [2.05, 4.69) is 19.9 Å². The maximum Gasteiger partial charge on any atom is 0.328 e. The highest BCUT2D eigenvalue weighted by molar-refractivity contribution is 5.99. The smallest absolute Gasteiger partial charge is 0.328 e. The van der Waals surface area contributed by atoms with Crippen LogP contribution in [0.3, 0.4) is 0 Å². The summed E-state index contributed by atoms with van der Waals surface area (Å²) < 4.78 is 0. The van der Waals surface area contributed by atoms with Crippen LogP contribution in [0.1, 0.15) is 16.2 Å². The van der Waals surface area contributed by atoms with Crippen LogP contribution in [0, 0.1) is 6.92 Å². The van der Waals surface area contributed by atoms with E-state index in [-0.39, 0.29) is 19.0 Å². The average Bonchev–Trinajstić information content (AvgIpc) is 3.06. The molecule has 1 aromatic carbocycles. The van der Waals surface area contributed by atoms with Gasteiger partial charge in [-0.1, -0.05) is 0 Å². The number of aryl methyl sites for hydroxylation is 1. The summed E-state index contributed by atoms with van der Waals surface area (Å²) in [6.45, 7) is 2.71. The van der Waals surface area contributed by atoms with Gasteiger partial charge in [-0.25, -0.2) is 19.7 Å². The van der Waals surface area contributed by atoms with Crippen LogP contribution >= 0.6 is 0 Å². The first-order valence-corrected chi connectivity index (χ1v) is 8.55. The quantitative estimate of drug-likeness (QED) is 0.712. The fourth-order valence-corrected chi connectivity index (χ4v) is 3.31. The summed E-state index contributed by atoms with van der Waals surface area (Å²) in [5.41, 5.74) is 1.95. The van der Waals surface area contributed by atoms with Crippen molar-refractivity contribution in [2.75, 3.05) is 24.5 Å². The number of carboxylic acids is 1. The molecule has 0 unspecified atom stereocenters. The minimum Gasteiger partial charge on any atom is -0.480 e. The number of imidazole rings is 1. The molecule has 1 aliphatic rings. The number of rotatable bonds is 3. The zero-order valence-electron chi connectivity index (χ0n) is 14.7. The SMILES string of the molecule is Cc1nc2ccc(C(=O)N3CCN(c4ncccn4)C[C@@H]3C(=O)O)cc2[nH]1. The summed E-state index contributed by atoms with van der Waals surface area (Å²) in [6.07, 6.45) is 3.22. The second-order valence-corrected chi connectivity index (χ2v) is 6.40. The largest absolute Gasteiger partial charge is 0.480 e. The third-order valence-corrected chi connectivity index (χ3v) is 4.61. The normalized spacial score (nSPS) is 17.3. The number of fused-ring (bicyclic) bond motifs is 1.